The molecule has 2 N–H and O–H groups in total. The summed E-state index contributed by atoms with van der Waals surface area (Å²) in [7, 11) is 0. The number of pyridine rings is 2. The van der Waals surface area contributed by atoms with Crippen LogP contribution >= 0.6 is 0 Å². The van der Waals surface area contributed by atoms with Gasteiger partial charge in [-0.3, -0.25) is 19.8 Å². The first kappa shape index (κ1) is 23.6. The van der Waals surface area contributed by atoms with Crippen LogP contribution in [0.2, 0.25) is 0 Å². The van der Waals surface area contributed by atoms with Crippen LogP contribution in [-0.4, -0.2) is 57.2 Å². The maximum atomic E-state index is 13.1. The second-order valence-electron chi connectivity index (χ2n) is 10.2. The number of hydrogen-bond acceptors (Lipinski definition) is 6. The number of fused-ring (bicyclic) bond motifs is 1. The van der Waals surface area contributed by atoms with Gasteiger partial charge in [0.15, 0.2) is 5.69 Å². The molecule has 0 radical (unpaired) electrons. The number of carbonyl (C=O) groups excluding carboxylic acids is 1. The van der Waals surface area contributed by atoms with Crippen molar-refractivity contribution in [3.8, 4) is 11.1 Å². The number of rotatable bonds is 6. The van der Waals surface area contributed by atoms with E-state index in [0.29, 0.717) is 11.4 Å². The van der Waals surface area contributed by atoms with Gasteiger partial charge in [0.05, 0.1) is 17.4 Å². The highest BCUT2D eigenvalue weighted by atomic mass is 16.1. The van der Waals surface area contributed by atoms with E-state index in [9.17, 15) is 4.79 Å². The van der Waals surface area contributed by atoms with Gasteiger partial charge in [-0.25, -0.2) is 4.98 Å². The second kappa shape index (κ2) is 10.7. The summed E-state index contributed by atoms with van der Waals surface area (Å²) in [5.41, 5.74) is 5.13. The molecule has 8 nitrogen and oxygen atoms in total. The molecule has 0 spiro atoms. The Bertz CT molecular complexity index is 1370. The summed E-state index contributed by atoms with van der Waals surface area (Å²) in [6.07, 6.45) is 13.1. The number of amides is 1. The van der Waals surface area contributed by atoms with E-state index in [4.69, 9.17) is 0 Å². The zero-order valence-electron chi connectivity index (χ0n) is 21.1. The molecule has 190 valence electrons. The van der Waals surface area contributed by atoms with Crippen LogP contribution in [0.5, 0.6) is 0 Å². The SMILES string of the molecule is O=C(Nc1ccc(N2CCCCC2)nc1)c1n[nH]c2ccc(-c3cncc(CN4CCCCC4)c3)cc12. The Kier molecular flexibility index (Phi) is 6.82. The van der Waals surface area contributed by atoms with Crippen molar-refractivity contribution in [3.63, 3.8) is 0 Å². The van der Waals surface area contributed by atoms with Gasteiger partial charge in [-0.1, -0.05) is 12.5 Å². The number of hydrogen-bond donors (Lipinski definition) is 2. The second-order valence-corrected chi connectivity index (χ2v) is 10.2. The fourth-order valence-corrected chi connectivity index (χ4v) is 5.43. The van der Waals surface area contributed by atoms with Crippen LogP contribution in [0, 0.1) is 0 Å². The van der Waals surface area contributed by atoms with Crippen LogP contribution < -0.4 is 10.2 Å². The van der Waals surface area contributed by atoms with E-state index in [1.165, 1.54) is 44.1 Å². The minimum absolute atomic E-state index is 0.257. The number of nitrogens with one attached hydrogen (secondary N) is 2. The Hall–Kier alpha value is -3.78. The number of likely N-dealkylation sites (tertiary alicyclic amines) is 1. The minimum atomic E-state index is -0.257. The van der Waals surface area contributed by atoms with Crippen LogP contribution in [0.15, 0.2) is 55.0 Å². The topological polar surface area (TPSA) is 90.0 Å². The fraction of sp³-hybridized carbons (Fsp3) is 0.379. The molecule has 4 aromatic rings. The molecule has 0 aliphatic carbocycles. The number of nitrogens with zero attached hydrogens (tertiary/aromatic N) is 5. The highest BCUT2D eigenvalue weighted by Crippen LogP contribution is 2.27. The van der Waals surface area contributed by atoms with Gasteiger partial charge in [0.2, 0.25) is 0 Å². The Labute approximate surface area is 217 Å². The van der Waals surface area contributed by atoms with E-state index >= 15 is 0 Å². The van der Waals surface area contributed by atoms with Crippen molar-refractivity contribution in [2.75, 3.05) is 36.4 Å². The Balaban J connectivity index is 1.19. The molecule has 8 heteroatoms. The summed E-state index contributed by atoms with van der Waals surface area (Å²) >= 11 is 0. The van der Waals surface area contributed by atoms with E-state index in [1.54, 1.807) is 6.20 Å². The Morgan fingerprint density at radius 2 is 1.68 bits per heavy atom. The van der Waals surface area contributed by atoms with Gasteiger partial charge in [0.25, 0.3) is 5.91 Å². The number of anilines is 2. The van der Waals surface area contributed by atoms with Gasteiger partial charge in [-0.15, -0.1) is 0 Å². The van der Waals surface area contributed by atoms with Crippen LogP contribution in [0.4, 0.5) is 11.5 Å². The predicted molar refractivity (Wildman–Crippen MR) is 147 cm³/mol. The minimum Gasteiger partial charge on any atom is -0.357 e. The van der Waals surface area contributed by atoms with Crippen LogP contribution in [-0.2, 0) is 6.54 Å². The molecule has 0 saturated carbocycles. The van der Waals surface area contributed by atoms with Gasteiger partial charge in [-0.05, 0) is 86.7 Å². The lowest BCUT2D eigenvalue weighted by Gasteiger charge is -2.27. The quantitative estimate of drug-likeness (QED) is 0.380. The molecule has 2 aliphatic heterocycles. The predicted octanol–water partition coefficient (Wildman–Crippen LogP) is 5.25. The highest BCUT2D eigenvalue weighted by molar-refractivity contribution is 6.11. The largest absolute Gasteiger partial charge is 0.357 e. The van der Waals surface area contributed by atoms with Crippen molar-refractivity contribution in [1.29, 1.82) is 0 Å². The molecule has 0 unspecified atom stereocenters. The molecule has 3 aromatic heterocycles. The van der Waals surface area contributed by atoms with Crippen LogP contribution in [0.3, 0.4) is 0 Å². The molecular weight excluding hydrogens is 462 g/mol. The molecule has 2 saturated heterocycles. The zero-order chi connectivity index (χ0) is 25.0. The van der Waals surface area contributed by atoms with E-state index < -0.39 is 0 Å². The summed E-state index contributed by atoms with van der Waals surface area (Å²) in [6, 6.07) is 12.1. The number of H-pyrrole nitrogens is 1. The normalized spacial score (nSPS) is 16.7. The van der Waals surface area contributed by atoms with Crippen molar-refractivity contribution in [2.45, 2.75) is 45.1 Å². The van der Waals surface area contributed by atoms with E-state index in [-0.39, 0.29) is 5.91 Å². The Morgan fingerprint density at radius 1 is 0.865 bits per heavy atom. The molecule has 2 fully saturated rings. The van der Waals surface area contributed by atoms with E-state index in [0.717, 1.165) is 60.6 Å². The molecule has 2 aliphatic rings. The Morgan fingerprint density at radius 3 is 2.46 bits per heavy atom. The summed E-state index contributed by atoms with van der Waals surface area (Å²) in [5, 5.41) is 11.1. The number of carbonyl (C=O) groups is 1. The molecule has 1 aromatic carbocycles. The molecule has 5 heterocycles. The number of aromatic nitrogens is 4. The first-order valence-corrected chi connectivity index (χ1v) is 13.4. The maximum Gasteiger partial charge on any atom is 0.276 e. The van der Waals surface area contributed by atoms with Crippen molar-refractivity contribution in [1.82, 2.24) is 25.1 Å². The summed E-state index contributed by atoms with van der Waals surface area (Å²) in [4.78, 5) is 27.0. The van der Waals surface area contributed by atoms with E-state index in [2.05, 4.69) is 41.3 Å². The first-order chi connectivity index (χ1) is 18.2. The fourth-order valence-electron chi connectivity index (χ4n) is 5.43. The van der Waals surface area contributed by atoms with Crippen molar-refractivity contribution >= 4 is 28.3 Å². The monoisotopic (exact) mass is 495 g/mol. The molecule has 1 amide bonds. The standard InChI is InChI=1S/C29H33N7O/c37-29(32-24-8-10-27(31-19-24)36-13-5-2-6-14-36)28-25-16-22(7-9-26(25)33-34-28)23-15-21(17-30-18-23)20-35-11-3-1-4-12-35/h7-10,15-19H,1-6,11-14,20H2,(H,32,37)(H,33,34). The third kappa shape index (κ3) is 5.34. The number of aromatic amines is 1. The van der Waals surface area contributed by atoms with Crippen molar-refractivity contribution < 1.29 is 4.79 Å². The molecular formula is C29H33N7O. The highest BCUT2D eigenvalue weighted by Gasteiger charge is 2.17. The zero-order valence-corrected chi connectivity index (χ0v) is 21.1. The summed E-state index contributed by atoms with van der Waals surface area (Å²) in [6.45, 7) is 5.31. The van der Waals surface area contributed by atoms with Gasteiger partial charge in [0.1, 0.15) is 5.82 Å². The lowest BCUT2D eigenvalue weighted by Crippen LogP contribution is -2.30. The smallest absolute Gasteiger partial charge is 0.276 e. The van der Waals surface area contributed by atoms with Gasteiger partial charge in [-0.2, -0.15) is 5.10 Å². The van der Waals surface area contributed by atoms with E-state index in [1.807, 2.05) is 42.7 Å². The van der Waals surface area contributed by atoms with Gasteiger partial charge in [0, 0.05) is 43.0 Å². The van der Waals surface area contributed by atoms with Crippen LogP contribution in [0.25, 0.3) is 22.0 Å². The number of piperidine rings is 2. The summed E-state index contributed by atoms with van der Waals surface area (Å²) < 4.78 is 0. The first-order valence-electron chi connectivity index (χ1n) is 13.4. The number of benzene rings is 1. The van der Waals surface area contributed by atoms with Crippen molar-refractivity contribution in [3.05, 3.63) is 66.2 Å². The van der Waals surface area contributed by atoms with Gasteiger partial charge >= 0.3 is 0 Å². The van der Waals surface area contributed by atoms with Crippen molar-refractivity contribution in [2.24, 2.45) is 0 Å². The third-order valence-corrected chi connectivity index (χ3v) is 7.45. The molecule has 0 bridgehead atoms. The lowest BCUT2D eigenvalue weighted by molar-refractivity contribution is 0.102. The molecule has 37 heavy (non-hydrogen) atoms. The van der Waals surface area contributed by atoms with Gasteiger partial charge < -0.3 is 10.2 Å². The van der Waals surface area contributed by atoms with Crippen LogP contribution in [0.1, 0.15) is 54.6 Å². The summed E-state index contributed by atoms with van der Waals surface area (Å²) in [5.74, 6) is 0.705. The average Bonchev–Trinajstić information content (AvgIpc) is 3.38. The maximum absolute atomic E-state index is 13.1. The third-order valence-electron chi connectivity index (χ3n) is 7.45. The lowest BCUT2D eigenvalue weighted by atomic mass is 10.0. The molecule has 0 atom stereocenters. The molecule has 6 rings (SSSR count). The average molecular weight is 496 g/mol.